The molecule has 0 saturated heterocycles. The molecule has 0 spiro atoms. The quantitative estimate of drug-likeness (QED) is 0.700. The van der Waals surface area contributed by atoms with Crippen LogP contribution < -0.4 is 4.74 Å². The Bertz CT molecular complexity index is 643. The smallest absolute Gasteiger partial charge is 0.123 e. The van der Waals surface area contributed by atoms with Gasteiger partial charge in [0.15, 0.2) is 0 Å². The predicted molar refractivity (Wildman–Crippen MR) is 88.4 cm³/mol. The van der Waals surface area contributed by atoms with Crippen LogP contribution in [0.2, 0.25) is 0 Å². The molecular formula is C19H21ClO. The number of ether oxygens (including phenoxy) is 1. The van der Waals surface area contributed by atoms with Crippen LogP contribution in [0, 0.1) is 0 Å². The molecule has 0 radical (unpaired) electrons. The van der Waals surface area contributed by atoms with Crippen LogP contribution in [0.3, 0.4) is 0 Å². The molecule has 0 N–H and O–H groups in total. The summed E-state index contributed by atoms with van der Waals surface area (Å²) < 4.78 is 5.92. The normalized spacial score (nSPS) is 17.1. The van der Waals surface area contributed by atoms with E-state index in [1.807, 2.05) is 0 Å². The largest absolute Gasteiger partial charge is 0.487 e. The molecule has 1 aliphatic rings. The van der Waals surface area contributed by atoms with Gasteiger partial charge >= 0.3 is 0 Å². The molecule has 2 aromatic rings. The molecule has 1 unspecified atom stereocenters. The number of benzene rings is 2. The first kappa shape index (κ1) is 14.5. The van der Waals surface area contributed by atoms with Crippen LogP contribution >= 0.6 is 11.6 Å². The summed E-state index contributed by atoms with van der Waals surface area (Å²) in [6.07, 6.45) is 1.99. The monoisotopic (exact) mass is 300 g/mol. The molecule has 0 aromatic heterocycles. The lowest BCUT2D eigenvalue weighted by Gasteiger charge is -2.16. The Morgan fingerprint density at radius 1 is 1.10 bits per heavy atom. The molecule has 110 valence electrons. The van der Waals surface area contributed by atoms with Gasteiger partial charge in [-0.2, -0.15) is 0 Å². The summed E-state index contributed by atoms with van der Waals surface area (Å²) in [4.78, 5) is 0. The van der Waals surface area contributed by atoms with Crippen LogP contribution in [0.4, 0.5) is 0 Å². The van der Waals surface area contributed by atoms with Crippen molar-refractivity contribution in [2.75, 3.05) is 0 Å². The summed E-state index contributed by atoms with van der Waals surface area (Å²) in [6, 6.07) is 14.9. The molecule has 1 nitrogen and oxygen atoms in total. The van der Waals surface area contributed by atoms with Crippen molar-refractivity contribution in [1.82, 2.24) is 0 Å². The third-order valence-corrected chi connectivity index (χ3v) is 4.56. The van der Waals surface area contributed by atoms with Gasteiger partial charge in [0.1, 0.15) is 11.4 Å². The zero-order valence-electron chi connectivity index (χ0n) is 12.8. The van der Waals surface area contributed by atoms with Gasteiger partial charge in [-0.15, -0.1) is 11.6 Å². The molecular weight excluding hydrogens is 280 g/mol. The second kappa shape index (κ2) is 5.38. The molecule has 2 aromatic carbocycles. The number of alkyl halides is 1. The van der Waals surface area contributed by atoms with Gasteiger partial charge in [0.25, 0.3) is 0 Å². The Kier molecular flexibility index (Phi) is 3.71. The topological polar surface area (TPSA) is 9.23 Å². The van der Waals surface area contributed by atoms with Crippen molar-refractivity contribution in [3.63, 3.8) is 0 Å². The number of hydrogen-bond donors (Lipinski definition) is 0. The maximum atomic E-state index is 6.66. The fourth-order valence-electron chi connectivity index (χ4n) is 2.90. The van der Waals surface area contributed by atoms with Crippen molar-refractivity contribution in [2.45, 2.75) is 44.6 Å². The molecule has 0 aliphatic carbocycles. The summed E-state index contributed by atoms with van der Waals surface area (Å²) in [7, 11) is 0. The second-order valence-corrected chi connectivity index (χ2v) is 6.80. The fraction of sp³-hybridized carbons (Fsp3) is 0.368. The van der Waals surface area contributed by atoms with Crippen molar-refractivity contribution in [2.24, 2.45) is 0 Å². The molecule has 0 fully saturated rings. The third-order valence-electron chi connectivity index (χ3n) is 4.06. The van der Waals surface area contributed by atoms with Gasteiger partial charge in [-0.1, -0.05) is 43.3 Å². The Labute approximate surface area is 131 Å². The summed E-state index contributed by atoms with van der Waals surface area (Å²) in [5, 5.41) is -0.107. The van der Waals surface area contributed by atoms with Gasteiger partial charge < -0.3 is 4.74 Å². The maximum absolute atomic E-state index is 6.66. The predicted octanol–water partition coefficient (Wildman–Crippen LogP) is 5.29. The standard InChI is InChI=1S/C19H21ClO/c1-4-13-5-7-14(8-6-13)18(20)15-9-10-17-16(11-15)12-19(2,3)21-17/h5-11,18H,4,12H2,1-3H3. The highest BCUT2D eigenvalue weighted by Gasteiger charge is 2.30. The van der Waals surface area contributed by atoms with Crippen LogP contribution in [0.1, 0.15) is 48.4 Å². The maximum Gasteiger partial charge on any atom is 0.123 e. The molecule has 1 atom stereocenters. The lowest BCUT2D eigenvalue weighted by molar-refractivity contribution is 0.138. The molecule has 1 aliphatic heterocycles. The van der Waals surface area contributed by atoms with E-state index in [0.717, 1.165) is 29.7 Å². The molecule has 0 bridgehead atoms. The van der Waals surface area contributed by atoms with Gasteiger partial charge in [0.2, 0.25) is 0 Å². The van der Waals surface area contributed by atoms with Crippen LogP contribution in [0.5, 0.6) is 5.75 Å². The Hall–Kier alpha value is -1.47. The van der Waals surface area contributed by atoms with Crippen LogP contribution in [-0.4, -0.2) is 5.60 Å². The van der Waals surface area contributed by atoms with E-state index in [0.29, 0.717) is 0 Å². The second-order valence-electron chi connectivity index (χ2n) is 6.36. The highest BCUT2D eigenvalue weighted by atomic mass is 35.5. The highest BCUT2D eigenvalue weighted by molar-refractivity contribution is 6.22. The Balaban J connectivity index is 1.87. The lowest BCUT2D eigenvalue weighted by atomic mass is 9.97. The van der Waals surface area contributed by atoms with Crippen molar-refractivity contribution in [3.05, 3.63) is 64.7 Å². The minimum atomic E-state index is -0.107. The zero-order chi connectivity index (χ0) is 15.0. The van der Waals surface area contributed by atoms with E-state index in [1.54, 1.807) is 0 Å². The van der Waals surface area contributed by atoms with Crippen molar-refractivity contribution in [1.29, 1.82) is 0 Å². The number of halogens is 1. The van der Waals surface area contributed by atoms with E-state index < -0.39 is 0 Å². The van der Waals surface area contributed by atoms with E-state index in [1.165, 1.54) is 11.1 Å². The molecule has 2 heteroatoms. The van der Waals surface area contributed by atoms with Crippen LogP contribution in [0.15, 0.2) is 42.5 Å². The minimum absolute atomic E-state index is 0.106. The summed E-state index contributed by atoms with van der Waals surface area (Å²) in [5.74, 6) is 0.994. The van der Waals surface area contributed by atoms with Crippen molar-refractivity contribution >= 4 is 11.6 Å². The van der Waals surface area contributed by atoms with E-state index in [2.05, 4.69) is 63.2 Å². The number of aryl methyl sites for hydroxylation is 1. The molecule has 0 saturated carbocycles. The third kappa shape index (κ3) is 2.94. The van der Waals surface area contributed by atoms with E-state index in [-0.39, 0.29) is 11.0 Å². The first-order chi connectivity index (χ1) is 9.98. The van der Waals surface area contributed by atoms with E-state index >= 15 is 0 Å². The molecule has 1 heterocycles. The average molecular weight is 301 g/mol. The summed E-state index contributed by atoms with van der Waals surface area (Å²) in [6.45, 7) is 6.40. The first-order valence-corrected chi connectivity index (χ1v) is 7.97. The van der Waals surface area contributed by atoms with E-state index in [4.69, 9.17) is 16.3 Å². The Morgan fingerprint density at radius 2 is 1.76 bits per heavy atom. The molecule has 3 rings (SSSR count). The zero-order valence-corrected chi connectivity index (χ0v) is 13.6. The van der Waals surface area contributed by atoms with E-state index in [9.17, 15) is 0 Å². The van der Waals surface area contributed by atoms with Gasteiger partial charge in [0, 0.05) is 6.42 Å². The van der Waals surface area contributed by atoms with Crippen LogP contribution in [0.25, 0.3) is 0 Å². The van der Waals surface area contributed by atoms with Gasteiger partial charge in [-0.25, -0.2) is 0 Å². The summed E-state index contributed by atoms with van der Waals surface area (Å²) in [5.41, 5.74) is 4.78. The van der Waals surface area contributed by atoms with Gasteiger partial charge in [-0.05, 0) is 48.6 Å². The highest BCUT2D eigenvalue weighted by Crippen LogP contribution is 2.38. The van der Waals surface area contributed by atoms with Crippen molar-refractivity contribution in [3.8, 4) is 5.75 Å². The molecule has 21 heavy (non-hydrogen) atoms. The van der Waals surface area contributed by atoms with Gasteiger partial charge in [-0.3, -0.25) is 0 Å². The number of rotatable bonds is 3. The average Bonchev–Trinajstić information content (AvgIpc) is 2.79. The minimum Gasteiger partial charge on any atom is -0.487 e. The summed E-state index contributed by atoms with van der Waals surface area (Å²) >= 11 is 6.66. The van der Waals surface area contributed by atoms with Gasteiger partial charge in [0.05, 0.1) is 5.38 Å². The lowest BCUT2D eigenvalue weighted by Crippen LogP contribution is -2.24. The first-order valence-electron chi connectivity index (χ1n) is 7.53. The SMILES string of the molecule is CCc1ccc(C(Cl)c2ccc3c(c2)CC(C)(C)O3)cc1. The van der Waals surface area contributed by atoms with Crippen LogP contribution in [-0.2, 0) is 12.8 Å². The Morgan fingerprint density at radius 3 is 2.43 bits per heavy atom. The molecule has 0 amide bonds. The fourth-order valence-corrected chi connectivity index (χ4v) is 3.18. The number of hydrogen-bond acceptors (Lipinski definition) is 1. The van der Waals surface area contributed by atoms with Crippen molar-refractivity contribution < 1.29 is 4.74 Å². The number of fused-ring (bicyclic) bond motifs is 1.